The van der Waals surface area contributed by atoms with Gasteiger partial charge in [0.05, 0.1) is 13.0 Å². The Kier molecular flexibility index (Phi) is 5.87. The zero-order chi connectivity index (χ0) is 20.3. The number of ether oxygens (including phenoxy) is 1. The van der Waals surface area contributed by atoms with Crippen molar-refractivity contribution in [1.29, 1.82) is 0 Å². The number of carbonyl (C=O) groups excluding carboxylic acids is 1. The van der Waals surface area contributed by atoms with Crippen LogP contribution in [-0.2, 0) is 10.2 Å². The molecule has 2 heterocycles. The standard InChI is InChI=1S/C22H30N4O2/c1-15-13-19(28-5)25-21(23-15)26-12-6-7-16(14-26)20(27)24-18-10-8-17(9-11-18)22(2,3)4/h8-11,13,16H,6-7,12,14H2,1-5H3,(H,24,27). The normalized spacial score (nSPS) is 17.3. The van der Waals surface area contributed by atoms with Gasteiger partial charge in [-0.15, -0.1) is 0 Å². The summed E-state index contributed by atoms with van der Waals surface area (Å²) in [6.07, 6.45) is 1.80. The van der Waals surface area contributed by atoms with Gasteiger partial charge in [-0.3, -0.25) is 4.79 Å². The summed E-state index contributed by atoms with van der Waals surface area (Å²) in [5, 5.41) is 3.07. The van der Waals surface area contributed by atoms with Gasteiger partial charge < -0.3 is 15.0 Å². The van der Waals surface area contributed by atoms with Crippen molar-refractivity contribution in [3.8, 4) is 5.88 Å². The van der Waals surface area contributed by atoms with Gasteiger partial charge in [0.25, 0.3) is 0 Å². The first kappa shape index (κ1) is 20.1. The highest BCUT2D eigenvalue weighted by atomic mass is 16.5. The molecule has 0 aliphatic carbocycles. The molecule has 1 unspecified atom stereocenters. The molecule has 0 spiro atoms. The van der Waals surface area contributed by atoms with Crippen LogP contribution in [0.3, 0.4) is 0 Å². The van der Waals surface area contributed by atoms with Crippen molar-refractivity contribution < 1.29 is 9.53 Å². The molecule has 1 atom stereocenters. The molecule has 1 aromatic heterocycles. The smallest absolute Gasteiger partial charge is 0.229 e. The van der Waals surface area contributed by atoms with Crippen molar-refractivity contribution in [2.45, 2.75) is 46.0 Å². The fourth-order valence-corrected chi connectivity index (χ4v) is 3.44. The summed E-state index contributed by atoms with van der Waals surface area (Å²) in [6.45, 7) is 9.91. The Hall–Kier alpha value is -2.63. The van der Waals surface area contributed by atoms with Crippen LogP contribution in [-0.4, -0.2) is 36.1 Å². The van der Waals surface area contributed by atoms with Gasteiger partial charge in [-0.1, -0.05) is 32.9 Å². The topological polar surface area (TPSA) is 67.3 Å². The molecular weight excluding hydrogens is 352 g/mol. The number of methoxy groups -OCH3 is 1. The lowest BCUT2D eigenvalue weighted by Gasteiger charge is -2.32. The van der Waals surface area contributed by atoms with Gasteiger partial charge in [-0.2, -0.15) is 4.98 Å². The van der Waals surface area contributed by atoms with Crippen LogP contribution in [0.25, 0.3) is 0 Å². The zero-order valence-electron chi connectivity index (χ0n) is 17.5. The molecule has 0 saturated carbocycles. The van der Waals surface area contributed by atoms with Crippen molar-refractivity contribution in [2.24, 2.45) is 5.92 Å². The largest absolute Gasteiger partial charge is 0.481 e. The minimum absolute atomic E-state index is 0.0489. The molecule has 1 amide bonds. The van der Waals surface area contributed by atoms with E-state index >= 15 is 0 Å². The van der Waals surface area contributed by atoms with Crippen LogP contribution in [0.2, 0.25) is 0 Å². The van der Waals surface area contributed by atoms with Gasteiger partial charge in [0.2, 0.25) is 17.7 Å². The van der Waals surface area contributed by atoms with E-state index in [-0.39, 0.29) is 17.2 Å². The van der Waals surface area contributed by atoms with Crippen molar-refractivity contribution in [1.82, 2.24) is 9.97 Å². The Balaban J connectivity index is 1.67. The highest BCUT2D eigenvalue weighted by Gasteiger charge is 2.27. The van der Waals surface area contributed by atoms with Gasteiger partial charge >= 0.3 is 0 Å². The lowest BCUT2D eigenvalue weighted by Crippen LogP contribution is -2.41. The number of aromatic nitrogens is 2. The molecule has 1 fully saturated rings. The number of piperidine rings is 1. The predicted octanol–water partition coefficient (Wildman–Crippen LogP) is 3.95. The molecule has 1 aliphatic heterocycles. The van der Waals surface area contributed by atoms with E-state index in [0.29, 0.717) is 18.4 Å². The molecule has 6 heteroatoms. The Labute approximate surface area is 167 Å². The summed E-state index contributed by atoms with van der Waals surface area (Å²) in [7, 11) is 1.60. The average Bonchev–Trinajstić information content (AvgIpc) is 2.67. The summed E-state index contributed by atoms with van der Waals surface area (Å²) in [4.78, 5) is 23.9. The SMILES string of the molecule is COc1cc(C)nc(N2CCCC(C(=O)Nc3ccc(C(C)(C)C)cc3)C2)n1. The summed E-state index contributed by atoms with van der Waals surface area (Å²) < 4.78 is 5.26. The number of aryl methyl sites for hydroxylation is 1. The van der Waals surface area contributed by atoms with E-state index in [9.17, 15) is 4.79 Å². The summed E-state index contributed by atoms with van der Waals surface area (Å²) in [5.74, 6) is 1.14. The van der Waals surface area contributed by atoms with Crippen LogP contribution in [0.5, 0.6) is 5.88 Å². The Morgan fingerprint density at radius 2 is 1.93 bits per heavy atom. The number of rotatable bonds is 4. The lowest BCUT2D eigenvalue weighted by atomic mass is 9.87. The monoisotopic (exact) mass is 382 g/mol. The molecule has 2 aromatic rings. The maximum absolute atomic E-state index is 12.8. The first-order valence-electron chi connectivity index (χ1n) is 9.82. The third-order valence-electron chi connectivity index (χ3n) is 5.12. The Bertz CT molecular complexity index is 827. The molecule has 0 bridgehead atoms. The van der Waals surface area contributed by atoms with Crippen molar-refractivity contribution in [2.75, 3.05) is 30.4 Å². The van der Waals surface area contributed by atoms with Crippen molar-refractivity contribution in [3.63, 3.8) is 0 Å². The number of carbonyl (C=O) groups is 1. The lowest BCUT2D eigenvalue weighted by molar-refractivity contribution is -0.120. The average molecular weight is 383 g/mol. The molecule has 6 nitrogen and oxygen atoms in total. The molecular formula is C22H30N4O2. The highest BCUT2D eigenvalue weighted by Crippen LogP contribution is 2.26. The van der Waals surface area contributed by atoms with E-state index in [4.69, 9.17) is 4.74 Å². The summed E-state index contributed by atoms with van der Waals surface area (Å²) in [6, 6.07) is 9.92. The van der Waals surface area contributed by atoms with E-state index in [0.717, 1.165) is 30.8 Å². The van der Waals surface area contributed by atoms with Crippen LogP contribution >= 0.6 is 0 Å². The molecule has 1 aliphatic rings. The Morgan fingerprint density at radius 1 is 1.21 bits per heavy atom. The zero-order valence-corrected chi connectivity index (χ0v) is 17.5. The number of anilines is 2. The number of hydrogen-bond acceptors (Lipinski definition) is 5. The quantitative estimate of drug-likeness (QED) is 0.867. The third kappa shape index (κ3) is 4.80. The molecule has 150 valence electrons. The van der Waals surface area contributed by atoms with E-state index in [1.807, 2.05) is 19.1 Å². The van der Waals surface area contributed by atoms with Crippen LogP contribution < -0.4 is 15.0 Å². The van der Waals surface area contributed by atoms with Gasteiger partial charge in [0.15, 0.2) is 0 Å². The van der Waals surface area contributed by atoms with E-state index in [2.05, 4.69) is 53.1 Å². The van der Waals surface area contributed by atoms with E-state index in [1.54, 1.807) is 13.2 Å². The molecule has 1 aromatic carbocycles. The third-order valence-corrected chi connectivity index (χ3v) is 5.12. The second-order valence-electron chi connectivity index (χ2n) is 8.45. The highest BCUT2D eigenvalue weighted by molar-refractivity contribution is 5.93. The molecule has 1 saturated heterocycles. The van der Waals surface area contributed by atoms with Crippen LogP contribution in [0.1, 0.15) is 44.9 Å². The summed E-state index contributed by atoms with van der Waals surface area (Å²) in [5.41, 5.74) is 3.04. The second-order valence-corrected chi connectivity index (χ2v) is 8.45. The van der Waals surface area contributed by atoms with Gasteiger partial charge in [0.1, 0.15) is 0 Å². The van der Waals surface area contributed by atoms with Gasteiger partial charge in [-0.05, 0) is 42.9 Å². The van der Waals surface area contributed by atoms with Crippen molar-refractivity contribution in [3.05, 3.63) is 41.6 Å². The first-order valence-corrected chi connectivity index (χ1v) is 9.82. The number of hydrogen-bond donors (Lipinski definition) is 1. The van der Waals surface area contributed by atoms with Crippen LogP contribution in [0.15, 0.2) is 30.3 Å². The fourth-order valence-electron chi connectivity index (χ4n) is 3.44. The van der Waals surface area contributed by atoms with E-state index in [1.165, 1.54) is 5.56 Å². The minimum Gasteiger partial charge on any atom is -0.481 e. The number of amides is 1. The maximum atomic E-state index is 12.8. The number of nitrogens with zero attached hydrogens (tertiary/aromatic N) is 3. The summed E-state index contributed by atoms with van der Waals surface area (Å²) >= 11 is 0. The first-order chi connectivity index (χ1) is 13.3. The van der Waals surface area contributed by atoms with Gasteiger partial charge in [-0.25, -0.2) is 4.98 Å². The number of nitrogens with one attached hydrogen (secondary N) is 1. The second kappa shape index (κ2) is 8.17. The maximum Gasteiger partial charge on any atom is 0.229 e. The van der Waals surface area contributed by atoms with Crippen LogP contribution in [0.4, 0.5) is 11.6 Å². The van der Waals surface area contributed by atoms with E-state index < -0.39 is 0 Å². The molecule has 28 heavy (non-hydrogen) atoms. The Morgan fingerprint density at radius 3 is 2.57 bits per heavy atom. The van der Waals surface area contributed by atoms with Gasteiger partial charge in [0, 0.05) is 30.5 Å². The van der Waals surface area contributed by atoms with Crippen molar-refractivity contribution >= 4 is 17.5 Å². The number of benzene rings is 1. The minimum atomic E-state index is -0.0915. The predicted molar refractivity (Wildman–Crippen MR) is 112 cm³/mol. The molecule has 3 rings (SSSR count). The van der Waals surface area contributed by atoms with Crippen LogP contribution in [0, 0.1) is 12.8 Å². The molecule has 0 radical (unpaired) electrons. The fraction of sp³-hybridized carbons (Fsp3) is 0.500. The molecule has 1 N–H and O–H groups in total.